The van der Waals surface area contributed by atoms with E-state index in [9.17, 15) is 9.59 Å². The van der Waals surface area contributed by atoms with Gasteiger partial charge in [0.05, 0.1) is 17.7 Å². The molecule has 0 atom stereocenters. The Morgan fingerprint density at radius 1 is 1.14 bits per heavy atom. The van der Waals surface area contributed by atoms with Crippen LogP contribution >= 0.6 is 27.7 Å². The van der Waals surface area contributed by atoms with Crippen molar-refractivity contribution in [2.24, 2.45) is 0 Å². The summed E-state index contributed by atoms with van der Waals surface area (Å²) in [5, 5.41) is 8.88. The third-order valence-corrected chi connectivity index (χ3v) is 4.77. The lowest BCUT2D eigenvalue weighted by molar-refractivity contribution is 0.0525. The zero-order valence-electron chi connectivity index (χ0n) is 11.7. The van der Waals surface area contributed by atoms with Crippen LogP contribution in [0.1, 0.15) is 27.6 Å². The zero-order chi connectivity index (χ0) is 16.1. The van der Waals surface area contributed by atoms with Crippen LogP contribution in [0.25, 0.3) is 0 Å². The van der Waals surface area contributed by atoms with E-state index in [1.54, 1.807) is 43.3 Å². The van der Waals surface area contributed by atoms with Gasteiger partial charge in [-0.25, -0.2) is 9.59 Å². The second-order valence-corrected chi connectivity index (χ2v) is 6.27. The van der Waals surface area contributed by atoms with Crippen molar-refractivity contribution >= 4 is 39.6 Å². The number of carboxylic acid groups (broad SMARTS) is 1. The number of aromatic carboxylic acids is 1. The number of halogens is 1. The molecule has 4 nitrogen and oxygen atoms in total. The van der Waals surface area contributed by atoms with Crippen molar-refractivity contribution in [1.82, 2.24) is 0 Å². The Bertz CT molecular complexity index is 698. The zero-order valence-corrected chi connectivity index (χ0v) is 14.1. The average molecular weight is 381 g/mol. The first-order valence-electron chi connectivity index (χ1n) is 6.49. The summed E-state index contributed by atoms with van der Waals surface area (Å²) in [5.74, 6) is -1.30. The van der Waals surface area contributed by atoms with Crippen LogP contribution in [0.3, 0.4) is 0 Å². The quantitative estimate of drug-likeness (QED) is 0.774. The van der Waals surface area contributed by atoms with Crippen molar-refractivity contribution in [2.45, 2.75) is 16.7 Å². The van der Waals surface area contributed by atoms with Gasteiger partial charge in [-0.2, -0.15) is 0 Å². The Balaban J connectivity index is 2.16. The maximum atomic E-state index is 11.7. The molecule has 0 saturated carbocycles. The van der Waals surface area contributed by atoms with E-state index in [-0.39, 0.29) is 11.5 Å². The van der Waals surface area contributed by atoms with Crippen molar-refractivity contribution < 1.29 is 19.4 Å². The molecule has 0 aliphatic heterocycles. The summed E-state index contributed by atoms with van der Waals surface area (Å²) in [6.45, 7) is 2.10. The van der Waals surface area contributed by atoms with E-state index in [1.807, 2.05) is 6.07 Å². The molecule has 0 radical (unpaired) electrons. The van der Waals surface area contributed by atoms with Gasteiger partial charge < -0.3 is 9.84 Å². The van der Waals surface area contributed by atoms with E-state index >= 15 is 0 Å². The molecule has 1 N–H and O–H groups in total. The molecule has 2 rings (SSSR count). The first kappa shape index (κ1) is 16.6. The van der Waals surface area contributed by atoms with E-state index in [0.717, 1.165) is 14.3 Å². The Morgan fingerprint density at radius 2 is 1.77 bits per heavy atom. The summed E-state index contributed by atoms with van der Waals surface area (Å²) in [7, 11) is 0. The van der Waals surface area contributed by atoms with Gasteiger partial charge in [-0.05, 0) is 65.3 Å². The van der Waals surface area contributed by atoms with Gasteiger partial charge >= 0.3 is 11.9 Å². The molecule has 0 saturated heterocycles. The van der Waals surface area contributed by atoms with Gasteiger partial charge in [0.2, 0.25) is 0 Å². The highest BCUT2D eigenvalue weighted by Crippen LogP contribution is 2.34. The van der Waals surface area contributed by atoms with E-state index in [1.165, 1.54) is 11.8 Å². The molecule has 0 fully saturated rings. The minimum Gasteiger partial charge on any atom is -0.478 e. The van der Waals surface area contributed by atoms with Gasteiger partial charge in [0.1, 0.15) is 0 Å². The molecule has 0 bridgehead atoms. The molecule has 0 amide bonds. The molecule has 2 aromatic rings. The Morgan fingerprint density at radius 3 is 2.32 bits per heavy atom. The van der Waals surface area contributed by atoms with Crippen LogP contribution < -0.4 is 0 Å². The third-order valence-electron chi connectivity index (χ3n) is 2.77. The van der Waals surface area contributed by atoms with Crippen LogP contribution in [0.5, 0.6) is 0 Å². The topological polar surface area (TPSA) is 63.6 Å². The lowest BCUT2D eigenvalue weighted by atomic mass is 10.2. The molecule has 22 heavy (non-hydrogen) atoms. The highest BCUT2D eigenvalue weighted by Gasteiger charge is 2.10. The van der Waals surface area contributed by atoms with Crippen molar-refractivity contribution in [3.8, 4) is 0 Å². The summed E-state index contributed by atoms with van der Waals surface area (Å²) in [5.41, 5.74) is 0.736. The minimum absolute atomic E-state index is 0.251. The summed E-state index contributed by atoms with van der Waals surface area (Å²) < 4.78 is 5.74. The Kier molecular flexibility index (Phi) is 5.63. The first-order chi connectivity index (χ1) is 10.5. The van der Waals surface area contributed by atoms with Crippen LogP contribution in [-0.2, 0) is 4.74 Å². The number of benzene rings is 2. The summed E-state index contributed by atoms with van der Waals surface area (Å²) in [4.78, 5) is 24.3. The second-order valence-electron chi connectivity index (χ2n) is 4.30. The number of ether oxygens (including phenoxy) is 1. The number of hydrogen-bond donors (Lipinski definition) is 1. The average Bonchev–Trinajstić information content (AvgIpc) is 2.50. The highest BCUT2D eigenvalue weighted by atomic mass is 79.9. The van der Waals surface area contributed by atoms with Gasteiger partial charge in [0.15, 0.2) is 0 Å². The number of rotatable bonds is 5. The number of carbonyl (C=O) groups is 2. The Labute approximate surface area is 140 Å². The molecule has 0 aromatic heterocycles. The molecular formula is C16H13BrO4S. The van der Waals surface area contributed by atoms with E-state index in [0.29, 0.717) is 12.2 Å². The van der Waals surface area contributed by atoms with Gasteiger partial charge in [0, 0.05) is 14.3 Å². The molecule has 6 heteroatoms. The SMILES string of the molecule is CCOC(=O)c1ccc(Sc2ccc(C(=O)O)cc2)c(Br)c1. The Hall–Kier alpha value is -1.79. The number of carboxylic acids is 1. The van der Waals surface area contributed by atoms with Crippen LogP contribution in [0.4, 0.5) is 0 Å². The van der Waals surface area contributed by atoms with Crippen LogP contribution in [0.15, 0.2) is 56.7 Å². The van der Waals surface area contributed by atoms with E-state index in [4.69, 9.17) is 9.84 Å². The van der Waals surface area contributed by atoms with Gasteiger partial charge in [0.25, 0.3) is 0 Å². The van der Waals surface area contributed by atoms with Crippen molar-refractivity contribution in [3.05, 3.63) is 58.1 Å². The molecule has 0 spiro atoms. The molecule has 0 heterocycles. The molecule has 0 aliphatic carbocycles. The fourth-order valence-corrected chi connectivity index (χ4v) is 3.16. The smallest absolute Gasteiger partial charge is 0.338 e. The summed E-state index contributed by atoms with van der Waals surface area (Å²) >= 11 is 4.92. The predicted octanol–water partition coefficient (Wildman–Crippen LogP) is 4.48. The second kappa shape index (κ2) is 7.47. The van der Waals surface area contributed by atoms with Crippen LogP contribution in [0, 0.1) is 0 Å². The normalized spacial score (nSPS) is 10.3. The standard InChI is InChI=1S/C16H13BrO4S/c1-2-21-16(20)11-5-8-14(13(17)9-11)22-12-6-3-10(4-7-12)15(18)19/h3-9H,2H2,1H3,(H,18,19). The summed E-state index contributed by atoms with van der Waals surface area (Å²) in [6, 6.07) is 11.9. The van der Waals surface area contributed by atoms with E-state index in [2.05, 4.69) is 15.9 Å². The fraction of sp³-hybridized carbons (Fsp3) is 0.125. The van der Waals surface area contributed by atoms with Gasteiger partial charge in [-0.1, -0.05) is 11.8 Å². The maximum Gasteiger partial charge on any atom is 0.338 e. The molecule has 114 valence electrons. The molecule has 0 unspecified atom stereocenters. The molecular weight excluding hydrogens is 368 g/mol. The van der Waals surface area contributed by atoms with Gasteiger partial charge in [-0.15, -0.1) is 0 Å². The lowest BCUT2D eigenvalue weighted by Crippen LogP contribution is -2.04. The van der Waals surface area contributed by atoms with Gasteiger partial charge in [-0.3, -0.25) is 0 Å². The minimum atomic E-state index is -0.948. The maximum absolute atomic E-state index is 11.7. The van der Waals surface area contributed by atoms with Crippen molar-refractivity contribution in [3.63, 3.8) is 0 Å². The molecule has 2 aromatic carbocycles. The third kappa shape index (κ3) is 4.11. The monoisotopic (exact) mass is 380 g/mol. The number of carbonyl (C=O) groups excluding carboxylic acids is 1. The first-order valence-corrected chi connectivity index (χ1v) is 8.10. The summed E-state index contributed by atoms with van der Waals surface area (Å²) in [6.07, 6.45) is 0. The van der Waals surface area contributed by atoms with E-state index < -0.39 is 5.97 Å². The van der Waals surface area contributed by atoms with Crippen LogP contribution in [-0.4, -0.2) is 23.7 Å². The molecule has 0 aliphatic rings. The lowest BCUT2D eigenvalue weighted by Gasteiger charge is -2.07. The fourth-order valence-electron chi connectivity index (χ4n) is 1.72. The number of hydrogen-bond acceptors (Lipinski definition) is 4. The largest absolute Gasteiger partial charge is 0.478 e. The highest BCUT2D eigenvalue weighted by molar-refractivity contribution is 9.10. The predicted molar refractivity (Wildman–Crippen MR) is 87.6 cm³/mol. The van der Waals surface area contributed by atoms with Crippen molar-refractivity contribution in [2.75, 3.05) is 6.61 Å². The number of esters is 1. The van der Waals surface area contributed by atoms with Crippen LogP contribution in [0.2, 0.25) is 0 Å². The van der Waals surface area contributed by atoms with Crippen molar-refractivity contribution in [1.29, 1.82) is 0 Å².